The molecule has 2 aromatic heterocycles. The Bertz CT molecular complexity index is 769. The zero-order chi connectivity index (χ0) is 17.6. The molecule has 1 saturated carbocycles. The van der Waals surface area contributed by atoms with Gasteiger partial charge >= 0.3 is 0 Å². The van der Waals surface area contributed by atoms with E-state index in [4.69, 9.17) is 21.5 Å². The van der Waals surface area contributed by atoms with Crippen molar-refractivity contribution >= 4 is 35.1 Å². The molecule has 25 heavy (non-hydrogen) atoms. The van der Waals surface area contributed by atoms with E-state index in [1.54, 1.807) is 18.0 Å². The first-order valence-electron chi connectivity index (χ1n) is 8.43. The maximum absolute atomic E-state index is 6.25. The van der Waals surface area contributed by atoms with E-state index in [1.807, 2.05) is 6.07 Å². The monoisotopic (exact) mass is 382 g/mol. The molecule has 136 valence electrons. The number of nitrogens with zero attached hydrogens (tertiary/aromatic N) is 5. The largest absolute Gasteiger partial charge is 0.383 e. The molecule has 0 aromatic carbocycles. The lowest BCUT2D eigenvalue weighted by molar-refractivity contribution is 0.0110. The highest BCUT2D eigenvalue weighted by Gasteiger charge is 2.54. The van der Waals surface area contributed by atoms with Gasteiger partial charge in [-0.1, -0.05) is 11.6 Å². The summed E-state index contributed by atoms with van der Waals surface area (Å²) in [5.41, 5.74) is 2.52. The third-order valence-electron chi connectivity index (χ3n) is 5.43. The fourth-order valence-corrected chi connectivity index (χ4v) is 5.00. The minimum absolute atomic E-state index is 0.401. The molecule has 1 aliphatic heterocycles. The zero-order valence-corrected chi connectivity index (χ0v) is 16.1. The normalized spacial score (nSPS) is 19.6. The molecule has 0 radical (unpaired) electrons. The molecule has 2 aliphatic rings. The number of hydrogen-bond acceptors (Lipinski definition) is 7. The van der Waals surface area contributed by atoms with Gasteiger partial charge in [-0.2, -0.15) is 5.10 Å². The molecule has 3 heterocycles. The van der Waals surface area contributed by atoms with Crippen LogP contribution in [0.25, 0.3) is 5.52 Å². The lowest BCUT2D eigenvalue weighted by Crippen LogP contribution is -2.66. The van der Waals surface area contributed by atoms with Crippen LogP contribution in [0.2, 0.25) is 5.15 Å². The van der Waals surface area contributed by atoms with Crippen molar-refractivity contribution in [3.8, 4) is 0 Å². The van der Waals surface area contributed by atoms with Gasteiger partial charge in [-0.05, 0) is 31.4 Å². The molecular formula is C16H23ClN6OS. The molecule has 0 atom stereocenters. The number of methoxy groups -OCH3 is 1. The molecule has 2 aromatic rings. The van der Waals surface area contributed by atoms with Crippen molar-refractivity contribution in [1.82, 2.24) is 18.9 Å². The Balaban J connectivity index is 1.42. The molecular weight excluding hydrogens is 360 g/mol. The van der Waals surface area contributed by atoms with Crippen LogP contribution in [0.5, 0.6) is 0 Å². The molecule has 1 spiro atoms. The van der Waals surface area contributed by atoms with Gasteiger partial charge in [0.05, 0.1) is 6.61 Å². The Hall–Kier alpha value is -1.06. The second kappa shape index (κ2) is 6.59. The minimum atomic E-state index is 0.401. The highest BCUT2D eigenvalue weighted by molar-refractivity contribution is 7.94. The van der Waals surface area contributed by atoms with Crippen LogP contribution in [0.3, 0.4) is 0 Å². The summed E-state index contributed by atoms with van der Waals surface area (Å²) in [6, 6.07) is 2.48. The Morgan fingerprint density at radius 1 is 1.48 bits per heavy atom. The molecule has 0 amide bonds. The molecule has 1 saturated heterocycles. The van der Waals surface area contributed by atoms with Crippen molar-refractivity contribution in [1.29, 1.82) is 0 Å². The number of anilines is 1. The van der Waals surface area contributed by atoms with Gasteiger partial charge in [-0.15, -0.1) is 0 Å². The summed E-state index contributed by atoms with van der Waals surface area (Å²) in [5.74, 6) is 0.984. The number of hydrogen-bond donors (Lipinski definition) is 1. The van der Waals surface area contributed by atoms with E-state index in [0.29, 0.717) is 23.2 Å². The molecule has 7 nitrogen and oxygen atoms in total. The minimum Gasteiger partial charge on any atom is -0.383 e. The second-order valence-electron chi connectivity index (χ2n) is 7.15. The zero-order valence-electron chi connectivity index (χ0n) is 14.5. The van der Waals surface area contributed by atoms with Gasteiger partial charge in [0.1, 0.15) is 17.0 Å². The Labute approximate surface area is 156 Å². The SMILES string of the molecule is COCCN(SN)C1CC2(C1)CN(c1ncnn3c(Cl)cc(C)c13)C2. The highest BCUT2D eigenvalue weighted by Crippen LogP contribution is 2.52. The summed E-state index contributed by atoms with van der Waals surface area (Å²) in [5, 5.41) is 10.7. The van der Waals surface area contributed by atoms with Crippen LogP contribution in [0.15, 0.2) is 12.4 Å². The van der Waals surface area contributed by atoms with Gasteiger partial charge < -0.3 is 9.64 Å². The van der Waals surface area contributed by atoms with E-state index >= 15 is 0 Å². The molecule has 2 N–H and O–H groups in total. The molecule has 4 rings (SSSR count). The van der Waals surface area contributed by atoms with E-state index in [2.05, 4.69) is 26.2 Å². The van der Waals surface area contributed by atoms with Crippen LogP contribution >= 0.6 is 23.7 Å². The average molecular weight is 383 g/mol. The highest BCUT2D eigenvalue weighted by atomic mass is 35.5. The first-order valence-corrected chi connectivity index (χ1v) is 9.64. The van der Waals surface area contributed by atoms with E-state index in [9.17, 15) is 0 Å². The summed E-state index contributed by atoms with van der Waals surface area (Å²) in [6.45, 7) is 5.70. The van der Waals surface area contributed by atoms with Gasteiger partial charge in [0, 0.05) is 50.3 Å². The Kier molecular flexibility index (Phi) is 4.57. The first-order chi connectivity index (χ1) is 12.1. The van der Waals surface area contributed by atoms with Crippen molar-refractivity contribution in [2.24, 2.45) is 10.6 Å². The van der Waals surface area contributed by atoms with Crippen molar-refractivity contribution in [2.75, 3.05) is 38.3 Å². The number of halogens is 1. The lowest BCUT2D eigenvalue weighted by Gasteiger charge is -2.61. The summed E-state index contributed by atoms with van der Waals surface area (Å²) >= 11 is 7.58. The quantitative estimate of drug-likeness (QED) is 0.767. The molecule has 2 fully saturated rings. The smallest absolute Gasteiger partial charge is 0.156 e. The third-order valence-corrected chi connectivity index (χ3v) is 6.45. The van der Waals surface area contributed by atoms with Gasteiger partial charge in [-0.25, -0.2) is 13.8 Å². The van der Waals surface area contributed by atoms with Gasteiger partial charge in [0.15, 0.2) is 5.82 Å². The van der Waals surface area contributed by atoms with E-state index < -0.39 is 0 Å². The number of aromatic nitrogens is 3. The predicted octanol–water partition coefficient (Wildman–Crippen LogP) is 2.13. The van der Waals surface area contributed by atoms with Crippen LogP contribution in [0.4, 0.5) is 5.82 Å². The molecule has 9 heteroatoms. The van der Waals surface area contributed by atoms with E-state index in [-0.39, 0.29) is 0 Å². The topological polar surface area (TPSA) is 71.9 Å². The second-order valence-corrected chi connectivity index (χ2v) is 8.22. The predicted molar refractivity (Wildman–Crippen MR) is 101 cm³/mol. The Morgan fingerprint density at radius 3 is 2.92 bits per heavy atom. The first kappa shape index (κ1) is 17.4. The standard InChI is InChI=1S/C16H23ClN6OS/c1-11-5-13(17)23-14(11)15(19-10-20-23)21-8-16(9-21)6-12(7-16)22(25-18)3-4-24-2/h5,10,12H,3-4,6-9,18H2,1-2H3. The van der Waals surface area contributed by atoms with Crippen LogP contribution < -0.4 is 10.0 Å². The maximum Gasteiger partial charge on any atom is 0.156 e. The van der Waals surface area contributed by atoms with Gasteiger partial charge in [0.25, 0.3) is 0 Å². The molecule has 0 bridgehead atoms. The van der Waals surface area contributed by atoms with Crippen molar-refractivity contribution < 1.29 is 4.74 Å². The average Bonchev–Trinajstić information content (AvgIpc) is 2.83. The number of fused-ring (bicyclic) bond motifs is 1. The van der Waals surface area contributed by atoms with Gasteiger partial charge in [-0.3, -0.25) is 5.14 Å². The Morgan fingerprint density at radius 2 is 2.24 bits per heavy atom. The fraction of sp³-hybridized carbons (Fsp3) is 0.625. The van der Waals surface area contributed by atoms with Crippen LogP contribution in [-0.2, 0) is 4.74 Å². The van der Waals surface area contributed by atoms with Crippen molar-refractivity contribution in [3.63, 3.8) is 0 Å². The molecule has 1 aliphatic carbocycles. The lowest BCUT2D eigenvalue weighted by atomic mass is 9.60. The maximum atomic E-state index is 6.25. The van der Waals surface area contributed by atoms with Crippen LogP contribution in [-0.4, -0.2) is 58.3 Å². The van der Waals surface area contributed by atoms with Crippen LogP contribution in [0.1, 0.15) is 18.4 Å². The van der Waals surface area contributed by atoms with Crippen LogP contribution in [0, 0.1) is 12.3 Å². The van der Waals surface area contributed by atoms with E-state index in [0.717, 1.165) is 36.5 Å². The number of aryl methyl sites for hydroxylation is 1. The summed E-state index contributed by atoms with van der Waals surface area (Å²) in [7, 11) is 1.73. The van der Waals surface area contributed by atoms with Gasteiger partial charge in [0.2, 0.25) is 0 Å². The number of rotatable bonds is 6. The number of nitrogens with two attached hydrogens (primary N) is 1. The summed E-state index contributed by atoms with van der Waals surface area (Å²) in [4.78, 5) is 6.86. The summed E-state index contributed by atoms with van der Waals surface area (Å²) in [6.07, 6.45) is 3.94. The number of ether oxygens (including phenoxy) is 1. The van der Waals surface area contributed by atoms with Crippen molar-refractivity contribution in [2.45, 2.75) is 25.8 Å². The summed E-state index contributed by atoms with van der Waals surface area (Å²) < 4.78 is 9.18. The third kappa shape index (κ3) is 2.90. The fourth-order valence-electron chi connectivity index (χ4n) is 4.21. The van der Waals surface area contributed by atoms with Crippen molar-refractivity contribution in [3.05, 3.63) is 23.1 Å². The molecule has 0 unspecified atom stereocenters. The van der Waals surface area contributed by atoms with E-state index in [1.165, 1.54) is 25.0 Å².